The summed E-state index contributed by atoms with van der Waals surface area (Å²) in [7, 11) is 13.6. The zero-order chi connectivity index (χ0) is 28.7. The van der Waals surface area contributed by atoms with Crippen LogP contribution in [0.1, 0.15) is 19.3 Å². The number of quaternary nitrogens is 2. The number of amidine groups is 2. The number of nitrogens with two attached hydrogens (primary N) is 1. The fourth-order valence-corrected chi connectivity index (χ4v) is 5.71. The first-order valence-corrected chi connectivity index (χ1v) is 14.2. The highest BCUT2D eigenvalue weighted by atomic mass is 16.1. The summed E-state index contributed by atoms with van der Waals surface area (Å²) in [5.74, 6) is 0.147. The number of carbonyl (C=O) groups excluding carboxylic acids is 1. The molecule has 0 aromatic heterocycles. The number of rotatable bonds is 6. The first-order valence-electron chi connectivity index (χ1n) is 14.2. The Morgan fingerprint density at radius 1 is 0.750 bits per heavy atom. The quantitative estimate of drug-likeness (QED) is 0.565. The van der Waals surface area contributed by atoms with Gasteiger partial charge in [0.1, 0.15) is 12.1 Å². The Hall–Kier alpha value is -3.56. The maximum absolute atomic E-state index is 12.4. The molecule has 2 saturated heterocycles. The van der Waals surface area contributed by atoms with E-state index in [1.807, 2.05) is 24.3 Å². The van der Waals surface area contributed by atoms with E-state index in [1.165, 1.54) is 24.2 Å². The summed E-state index contributed by atoms with van der Waals surface area (Å²) >= 11 is 0. The Morgan fingerprint density at radius 2 is 1.20 bits per heavy atom. The summed E-state index contributed by atoms with van der Waals surface area (Å²) in [4.78, 5) is 31.1. The van der Waals surface area contributed by atoms with Crippen molar-refractivity contribution in [2.24, 2.45) is 20.7 Å². The van der Waals surface area contributed by atoms with Crippen LogP contribution in [0, 0.1) is 0 Å². The van der Waals surface area contributed by atoms with E-state index >= 15 is 0 Å². The van der Waals surface area contributed by atoms with Crippen molar-refractivity contribution in [3.8, 4) is 0 Å². The van der Waals surface area contributed by atoms with Gasteiger partial charge in [-0.05, 0) is 48.5 Å². The van der Waals surface area contributed by atoms with Gasteiger partial charge in [-0.3, -0.25) is 4.79 Å². The van der Waals surface area contributed by atoms with E-state index in [2.05, 4.69) is 81.3 Å². The van der Waals surface area contributed by atoms with Crippen LogP contribution in [-0.2, 0) is 4.79 Å². The van der Waals surface area contributed by atoms with Gasteiger partial charge in [-0.1, -0.05) is 0 Å². The van der Waals surface area contributed by atoms with Gasteiger partial charge in [0.15, 0.2) is 11.7 Å². The predicted molar refractivity (Wildman–Crippen MR) is 166 cm³/mol. The van der Waals surface area contributed by atoms with E-state index in [-0.39, 0.29) is 18.0 Å². The highest BCUT2D eigenvalue weighted by Crippen LogP contribution is 2.28. The zero-order valence-corrected chi connectivity index (χ0v) is 24.8. The summed E-state index contributed by atoms with van der Waals surface area (Å²) in [6.45, 7) is 4.20. The first-order chi connectivity index (χ1) is 18.9. The number of carbonyl (C=O) groups is 1. The molecule has 2 aromatic carbocycles. The second-order valence-electron chi connectivity index (χ2n) is 13.1. The van der Waals surface area contributed by atoms with Crippen molar-refractivity contribution < 1.29 is 13.8 Å². The number of likely N-dealkylation sites (N-methyl/N-ethyl adjacent to an activating group) is 2. The van der Waals surface area contributed by atoms with E-state index in [0.717, 1.165) is 46.5 Å². The summed E-state index contributed by atoms with van der Waals surface area (Å²) < 4.78 is 1.95. The molecule has 0 bridgehead atoms. The summed E-state index contributed by atoms with van der Waals surface area (Å²) in [6.07, 6.45) is 2.46. The molecule has 2 fully saturated rings. The molecule has 0 radical (unpaired) electrons. The van der Waals surface area contributed by atoms with E-state index < -0.39 is 0 Å². The normalized spacial score (nSPS) is 24.4. The minimum absolute atomic E-state index is 0.0195. The van der Waals surface area contributed by atoms with Gasteiger partial charge in [0.2, 0.25) is 5.78 Å². The van der Waals surface area contributed by atoms with Crippen LogP contribution < -0.4 is 15.5 Å². The lowest BCUT2D eigenvalue weighted by atomic mass is 10.1. The Labute approximate surface area is 238 Å². The molecule has 3 heterocycles. The topological polar surface area (TPSA) is 86.6 Å². The van der Waals surface area contributed by atoms with Crippen LogP contribution in [0.2, 0.25) is 0 Å². The molecule has 2 N–H and O–H groups in total. The second-order valence-corrected chi connectivity index (χ2v) is 13.1. The molecule has 3 aliphatic rings. The van der Waals surface area contributed by atoms with E-state index in [4.69, 9.17) is 15.7 Å². The summed E-state index contributed by atoms with van der Waals surface area (Å²) in [5.41, 5.74) is 10.4. The molecule has 2 unspecified atom stereocenters. The number of Topliss-reactive ketones (excluding diaryl/α,β-unsaturated/α-hetero) is 1. The third-order valence-electron chi connectivity index (χ3n) is 8.54. The van der Waals surface area contributed by atoms with Crippen LogP contribution in [-0.4, -0.2) is 113 Å². The Kier molecular flexibility index (Phi) is 7.54. The van der Waals surface area contributed by atoms with Gasteiger partial charge in [0, 0.05) is 37.3 Å². The molecule has 2 atom stereocenters. The van der Waals surface area contributed by atoms with Crippen LogP contribution in [0.3, 0.4) is 0 Å². The lowest BCUT2D eigenvalue weighted by molar-refractivity contribution is -0.893. The van der Waals surface area contributed by atoms with Crippen molar-refractivity contribution in [2.45, 2.75) is 31.3 Å². The van der Waals surface area contributed by atoms with Gasteiger partial charge in [0.05, 0.1) is 78.9 Å². The molecule has 0 saturated carbocycles. The predicted octanol–water partition coefficient (Wildman–Crippen LogP) is 3.39. The van der Waals surface area contributed by atoms with E-state index in [9.17, 15) is 4.79 Å². The van der Waals surface area contributed by atoms with Gasteiger partial charge in [-0.2, -0.15) is 0 Å². The highest BCUT2D eigenvalue weighted by molar-refractivity contribution is 6.58. The van der Waals surface area contributed by atoms with Crippen LogP contribution in [0.5, 0.6) is 0 Å². The van der Waals surface area contributed by atoms with Gasteiger partial charge in [0.25, 0.3) is 0 Å². The van der Waals surface area contributed by atoms with Gasteiger partial charge in [-0.25, -0.2) is 15.0 Å². The van der Waals surface area contributed by atoms with Gasteiger partial charge in [-0.15, -0.1) is 0 Å². The molecule has 9 heteroatoms. The lowest BCUT2D eigenvalue weighted by Crippen LogP contribution is -2.46. The summed E-state index contributed by atoms with van der Waals surface area (Å²) in [6, 6.07) is 17.7. The van der Waals surface area contributed by atoms with Crippen molar-refractivity contribution in [3.05, 3.63) is 48.5 Å². The van der Waals surface area contributed by atoms with Crippen LogP contribution in [0.4, 0.5) is 22.7 Å². The largest absolute Gasteiger partial charge is 0.381 e. The highest BCUT2D eigenvalue weighted by Gasteiger charge is 2.33. The fraction of sp³-hybridized carbons (Fsp3) is 0.484. The molecule has 0 amide bonds. The minimum Gasteiger partial charge on any atom is -0.381 e. The smallest absolute Gasteiger partial charge is 0.203 e. The average Bonchev–Trinajstić information content (AvgIpc) is 3.59. The molecule has 40 heavy (non-hydrogen) atoms. The Bertz CT molecular complexity index is 1330. The second kappa shape index (κ2) is 10.8. The number of nitrogens with zero attached hydrogens (tertiary/aromatic N) is 7. The molecular weight excluding hydrogens is 500 g/mol. The number of hydrogen-bond donors (Lipinski definition) is 1. The zero-order valence-electron chi connectivity index (χ0n) is 24.8. The number of ketones is 1. The number of hydrogen-bond acceptors (Lipinski definition) is 6. The maximum Gasteiger partial charge on any atom is 0.203 e. The third kappa shape index (κ3) is 6.26. The maximum atomic E-state index is 12.4. The van der Waals surface area contributed by atoms with Gasteiger partial charge < -0.3 is 24.5 Å². The molecule has 0 spiro atoms. The number of anilines is 2. The van der Waals surface area contributed by atoms with Crippen molar-refractivity contribution >= 4 is 45.9 Å². The molecule has 212 valence electrons. The van der Waals surface area contributed by atoms with Crippen LogP contribution in [0.15, 0.2) is 63.5 Å². The monoisotopic (exact) mass is 544 g/mol. The van der Waals surface area contributed by atoms with Crippen LogP contribution in [0.25, 0.3) is 0 Å². The van der Waals surface area contributed by atoms with E-state index in [1.54, 1.807) is 0 Å². The third-order valence-corrected chi connectivity index (χ3v) is 8.54. The molecular formula is C31H44N8O+2. The molecule has 3 aliphatic heterocycles. The number of benzene rings is 2. The van der Waals surface area contributed by atoms with E-state index in [0.29, 0.717) is 23.6 Å². The fourth-order valence-electron chi connectivity index (χ4n) is 5.71. The van der Waals surface area contributed by atoms with Crippen molar-refractivity contribution in [1.82, 2.24) is 0 Å². The number of aliphatic imine (C=N–C) groups is 3. The summed E-state index contributed by atoms with van der Waals surface area (Å²) in [5, 5.41) is 0. The van der Waals surface area contributed by atoms with Crippen molar-refractivity contribution in [3.63, 3.8) is 0 Å². The Balaban J connectivity index is 1.33. The molecule has 5 rings (SSSR count). The van der Waals surface area contributed by atoms with Gasteiger partial charge >= 0.3 is 0 Å². The SMILES string of the molecule is C[N+](C)(C)C1CCN(c2ccc(N=C3CC(=O)C(N)=NC3=Nc3ccc(N4CCC([N+](C)(C)C)C4)cc3)cc2)C1. The Morgan fingerprint density at radius 3 is 1.62 bits per heavy atom. The standard InChI is InChI=1S/C31H44N8O/c1-38(2,3)26-15-17-36(20-26)24-11-7-22(8-12-24)33-28-19-29(40)30(32)35-31(28)34-23-9-13-25(14-10-23)37-18-16-27(21-37)39(4,5)6/h7-14,26-27H,15-21H2,1-6H3,(H2,32,34,35)/q+2. The minimum atomic E-state index is -0.228. The first kappa shape index (κ1) is 28.0. The van der Waals surface area contributed by atoms with Crippen LogP contribution >= 0.6 is 0 Å². The molecule has 9 nitrogen and oxygen atoms in total. The average molecular weight is 545 g/mol. The van der Waals surface area contributed by atoms with Crippen molar-refractivity contribution in [2.75, 3.05) is 78.3 Å². The molecule has 2 aromatic rings. The molecule has 0 aliphatic carbocycles. The lowest BCUT2D eigenvalue weighted by Gasteiger charge is -2.31. The van der Waals surface area contributed by atoms with Crippen molar-refractivity contribution in [1.29, 1.82) is 0 Å².